The molecule has 0 unspecified atom stereocenters. The van der Waals surface area contributed by atoms with Gasteiger partial charge in [0, 0.05) is 24.7 Å². The molecule has 0 saturated carbocycles. The van der Waals surface area contributed by atoms with Crippen LogP contribution in [-0.4, -0.2) is 34.3 Å². The van der Waals surface area contributed by atoms with Crippen LogP contribution in [0.5, 0.6) is 17.2 Å². The van der Waals surface area contributed by atoms with E-state index in [2.05, 4.69) is 5.32 Å². The van der Waals surface area contributed by atoms with Crippen LogP contribution in [0.15, 0.2) is 77.7 Å². The number of methoxy groups -OCH3 is 2. The number of hydrogen-bond donors (Lipinski definition) is 2. The van der Waals surface area contributed by atoms with Gasteiger partial charge in [-0.3, -0.25) is 0 Å². The standard InChI is InChI=1S/C23H25NO6S/c1-28-20-13-10-18(23(14-20)29-2)15-24-16-22(25)17-8-11-19(12-9-17)30-31(26,27)21-6-4-3-5-7-21/h3-14,22,24-25H,15-16H2,1-2H3/t22-/m1/s1. The van der Waals surface area contributed by atoms with Crippen LogP contribution < -0.4 is 19.0 Å². The number of benzene rings is 3. The fraction of sp³-hybridized carbons (Fsp3) is 0.217. The number of hydrogen-bond acceptors (Lipinski definition) is 7. The molecule has 0 aliphatic rings. The minimum absolute atomic E-state index is 0.0808. The second-order valence-electron chi connectivity index (χ2n) is 6.74. The number of nitrogens with one attached hydrogen (secondary N) is 1. The van der Waals surface area contributed by atoms with Crippen molar-refractivity contribution in [3.63, 3.8) is 0 Å². The average Bonchev–Trinajstić information content (AvgIpc) is 2.80. The normalized spacial score (nSPS) is 12.2. The van der Waals surface area contributed by atoms with Gasteiger partial charge in [0.15, 0.2) is 0 Å². The molecule has 0 aromatic heterocycles. The SMILES string of the molecule is COc1ccc(CNC[C@@H](O)c2ccc(OS(=O)(=O)c3ccccc3)cc2)c(OC)c1. The molecular weight excluding hydrogens is 418 g/mol. The number of ether oxygens (including phenoxy) is 2. The first-order valence-electron chi connectivity index (χ1n) is 9.62. The predicted octanol–water partition coefficient (Wildman–Crippen LogP) is 3.29. The summed E-state index contributed by atoms with van der Waals surface area (Å²) in [5, 5.41) is 13.6. The van der Waals surface area contributed by atoms with Crippen molar-refractivity contribution >= 4 is 10.1 Å². The van der Waals surface area contributed by atoms with Gasteiger partial charge in [-0.25, -0.2) is 0 Å². The lowest BCUT2D eigenvalue weighted by molar-refractivity contribution is 0.174. The Kier molecular flexibility index (Phi) is 7.51. The van der Waals surface area contributed by atoms with Crippen LogP contribution in [0.25, 0.3) is 0 Å². The van der Waals surface area contributed by atoms with Crippen molar-refractivity contribution in [2.24, 2.45) is 0 Å². The van der Waals surface area contributed by atoms with Crippen LogP contribution in [-0.2, 0) is 16.7 Å². The van der Waals surface area contributed by atoms with Crippen LogP contribution in [0.3, 0.4) is 0 Å². The van der Waals surface area contributed by atoms with Gasteiger partial charge in [-0.1, -0.05) is 36.4 Å². The predicted molar refractivity (Wildman–Crippen MR) is 117 cm³/mol. The van der Waals surface area contributed by atoms with E-state index in [0.717, 1.165) is 5.56 Å². The van der Waals surface area contributed by atoms with Crippen molar-refractivity contribution in [3.05, 3.63) is 83.9 Å². The van der Waals surface area contributed by atoms with Gasteiger partial charge in [0.1, 0.15) is 22.1 Å². The summed E-state index contributed by atoms with van der Waals surface area (Å²) in [5.74, 6) is 1.58. The fourth-order valence-electron chi connectivity index (χ4n) is 2.97. The lowest BCUT2D eigenvalue weighted by Gasteiger charge is -2.15. The third-order valence-electron chi connectivity index (χ3n) is 4.65. The molecule has 164 valence electrons. The summed E-state index contributed by atoms with van der Waals surface area (Å²) in [6.07, 6.45) is -0.774. The summed E-state index contributed by atoms with van der Waals surface area (Å²) in [6, 6.07) is 19.8. The minimum Gasteiger partial charge on any atom is -0.497 e. The van der Waals surface area contributed by atoms with E-state index in [9.17, 15) is 13.5 Å². The van der Waals surface area contributed by atoms with Crippen LogP contribution >= 0.6 is 0 Å². The average molecular weight is 444 g/mol. The fourth-order valence-corrected chi connectivity index (χ4v) is 3.92. The van der Waals surface area contributed by atoms with E-state index >= 15 is 0 Å². The highest BCUT2D eigenvalue weighted by molar-refractivity contribution is 7.87. The third kappa shape index (κ3) is 5.97. The molecule has 0 amide bonds. The van der Waals surface area contributed by atoms with Gasteiger partial charge in [-0.15, -0.1) is 0 Å². The molecule has 3 rings (SSSR count). The highest BCUT2D eigenvalue weighted by Gasteiger charge is 2.16. The molecule has 0 heterocycles. The van der Waals surface area contributed by atoms with Crippen molar-refractivity contribution in [2.45, 2.75) is 17.5 Å². The van der Waals surface area contributed by atoms with E-state index < -0.39 is 16.2 Å². The first-order valence-corrected chi connectivity index (χ1v) is 11.0. The van der Waals surface area contributed by atoms with E-state index in [-0.39, 0.29) is 10.6 Å². The molecule has 3 aromatic carbocycles. The zero-order valence-electron chi connectivity index (χ0n) is 17.3. The van der Waals surface area contributed by atoms with Gasteiger partial charge in [0.2, 0.25) is 0 Å². The van der Waals surface area contributed by atoms with E-state index in [4.69, 9.17) is 13.7 Å². The van der Waals surface area contributed by atoms with Crippen molar-refractivity contribution in [3.8, 4) is 17.2 Å². The molecule has 0 radical (unpaired) electrons. The van der Waals surface area contributed by atoms with Gasteiger partial charge >= 0.3 is 10.1 Å². The van der Waals surface area contributed by atoms with E-state index in [1.54, 1.807) is 50.6 Å². The Balaban J connectivity index is 1.56. The van der Waals surface area contributed by atoms with Crippen LogP contribution in [0.2, 0.25) is 0 Å². The molecule has 0 bridgehead atoms. The van der Waals surface area contributed by atoms with Crippen molar-refractivity contribution < 1.29 is 27.2 Å². The molecule has 0 saturated heterocycles. The molecular formula is C23H25NO6S. The molecule has 0 aliphatic carbocycles. The minimum atomic E-state index is -3.90. The highest BCUT2D eigenvalue weighted by atomic mass is 32.2. The smallest absolute Gasteiger partial charge is 0.339 e. The van der Waals surface area contributed by atoms with Crippen LogP contribution in [0, 0.1) is 0 Å². The maximum Gasteiger partial charge on any atom is 0.339 e. The number of aliphatic hydroxyl groups is 1. The summed E-state index contributed by atoms with van der Waals surface area (Å²) >= 11 is 0. The Hall–Kier alpha value is -3.07. The van der Waals surface area contributed by atoms with Gasteiger partial charge < -0.3 is 24.1 Å². The number of aliphatic hydroxyl groups excluding tert-OH is 1. The molecule has 2 N–H and O–H groups in total. The third-order valence-corrected chi connectivity index (χ3v) is 5.91. The molecule has 3 aromatic rings. The van der Waals surface area contributed by atoms with Gasteiger partial charge in [-0.2, -0.15) is 8.42 Å². The Labute approximate surface area is 182 Å². The number of rotatable bonds is 10. The second kappa shape index (κ2) is 10.3. The molecule has 1 atom stereocenters. The van der Waals surface area contributed by atoms with Gasteiger partial charge in [-0.05, 0) is 35.9 Å². The second-order valence-corrected chi connectivity index (χ2v) is 8.29. The quantitative estimate of drug-likeness (QED) is 0.464. The summed E-state index contributed by atoms with van der Waals surface area (Å²) < 4.78 is 40.3. The van der Waals surface area contributed by atoms with Crippen LogP contribution in [0.4, 0.5) is 0 Å². The first kappa shape index (κ1) is 22.6. The molecule has 0 fully saturated rings. The van der Waals surface area contributed by atoms with Crippen LogP contribution in [0.1, 0.15) is 17.2 Å². The molecule has 0 spiro atoms. The van der Waals surface area contributed by atoms with E-state index in [0.29, 0.717) is 30.2 Å². The topological polar surface area (TPSA) is 94.1 Å². The molecule has 31 heavy (non-hydrogen) atoms. The zero-order valence-corrected chi connectivity index (χ0v) is 18.1. The summed E-state index contributed by atoms with van der Waals surface area (Å²) in [4.78, 5) is 0.0808. The molecule has 7 nitrogen and oxygen atoms in total. The van der Waals surface area contributed by atoms with Crippen molar-refractivity contribution in [1.29, 1.82) is 0 Å². The monoisotopic (exact) mass is 443 g/mol. The largest absolute Gasteiger partial charge is 0.497 e. The molecule has 0 aliphatic heterocycles. The van der Waals surface area contributed by atoms with Crippen molar-refractivity contribution in [2.75, 3.05) is 20.8 Å². The Morgan fingerprint density at radius 1 is 0.903 bits per heavy atom. The lowest BCUT2D eigenvalue weighted by atomic mass is 10.1. The maximum absolute atomic E-state index is 12.3. The summed E-state index contributed by atoms with van der Waals surface area (Å²) in [5.41, 5.74) is 1.57. The Morgan fingerprint density at radius 3 is 2.23 bits per heavy atom. The first-order chi connectivity index (χ1) is 14.9. The van der Waals surface area contributed by atoms with E-state index in [1.165, 1.54) is 24.3 Å². The molecule has 8 heteroatoms. The maximum atomic E-state index is 12.3. The lowest BCUT2D eigenvalue weighted by Crippen LogP contribution is -2.21. The summed E-state index contributed by atoms with van der Waals surface area (Å²) in [6.45, 7) is 0.804. The summed E-state index contributed by atoms with van der Waals surface area (Å²) in [7, 11) is -0.713. The Morgan fingerprint density at radius 2 is 1.58 bits per heavy atom. The highest BCUT2D eigenvalue weighted by Crippen LogP contribution is 2.25. The van der Waals surface area contributed by atoms with Gasteiger partial charge in [0.05, 0.1) is 20.3 Å². The van der Waals surface area contributed by atoms with Gasteiger partial charge in [0.25, 0.3) is 0 Å². The Bertz CT molecular complexity index is 1080. The van der Waals surface area contributed by atoms with Crippen molar-refractivity contribution in [1.82, 2.24) is 5.32 Å². The zero-order chi connectivity index (χ0) is 22.3. The van der Waals surface area contributed by atoms with E-state index in [1.807, 2.05) is 12.1 Å².